The second kappa shape index (κ2) is 5.49. The van der Waals surface area contributed by atoms with E-state index in [-0.39, 0.29) is 22.7 Å². The third kappa shape index (κ3) is 2.72. The Morgan fingerprint density at radius 3 is 2.26 bits per heavy atom. The second-order valence-corrected chi connectivity index (χ2v) is 8.49. The monoisotopic (exact) mass is 335 g/mol. The molecule has 0 atom stereocenters. The van der Waals surface area contributed by atoms with Gasteiger partial charge in [-0.3, -0.25) is 0 Å². The predicted octanol–water partition coefficient (Wildman–Crippen LogP) is 2.34. The molecule has 2 saturated carbocycles. The molecule has 2 aromatic rings. The quantitative estimate of drug-likeness (QED) is 0.899. The number of hydrogen-bond acceptors (Lipinski definition) is 3. The molecule has 0 aliphatic heterocycles. The standard InChI is InChI=1S/C16H21N3O3S/c20-16-17-14-9-8-13(10-15(14)18-16)23(21,22)19(12-6-7-12)11-4-2-1-3-5-11/h8-12H,1-7H2,(H2,17,18,20). The topological polar surface area (TPSA) is 86.0 Å². The van der Waals surface area contributed by atoms with Gasteiger partial charge >= 0.3 is 5.69 Å². The Morgan fingerprint density at radius 1 is 0.913 bits per heavy atom. The van der Waals surface area contributed by atoms with E-state index in [1.807, 2.05) is 0 Å². The molecule has 0 radical (unpaired) electrons. The zero-order chi connectivity index (χ0) is 16.0. The van der Waals surface area contributed by atoms with Crippen molar-refractivity contribution >= 4 is 21.1 Å². The Morgan fingerprint density at radius 2 is 1.57 bits per heavy atom. The van der Waals surface area contributed by atoms with Crippen LogP contribution in [0.2, 0.25) is 0 Å². The average Bonchev–Trinajstić information content (AvgIpc) is 3.27. The third-order valence-corrected chi connectivity index (χ3v) is 6.91. The van der Waals surface area contributed by atoms with Crippen LogP contribution in [0, 0.1) is 0 Å². The zero-order valence-corrected chi connectivity index (χ0v) is 13.7. The van der Waals surface area contributed by atoms with E-state index in [2.05, 4.69) is 9.97 Å². The van der Waals surface area contributed by atoms with Gasteiger partial charge in [-0.15, -0.1) is 0 Å². The van der Waals surface area contributed by atoms with E-state index in [0.29, 0.717) is 11.0 Å². The van der Waals surface area contributed by atoms with Gasteiger partial charge in [-0.25, -0.2) is 13.2 Å². The normalized spacial score (nSPS) is 20.4. The van der Waals surface area contributed by atoms with E-state index < -0.39 is 10.0 Å². The summed E-state index contributed by atoms with van der Waals surface area (Å²) < 4.78 is 28.1. The van der Waals surface area contributed by atoms with Crippen LogP contribution in [0.15, 0.2) is 27.9 Å². The summed E-state index contributed by atoms with van der Waals surface area (Å²) in [5, 5.41) is 0. The second-order valence-electron chi connectivity index (χ2n) is 6.64. The highest BCUT2D eigenvalue weighted by atomic mass is 32.2. The number of nitrogens with one attached hydrogen (secondary N) is 2. The summed E-state index contributed by atoms with van der Waals surface area (Å²) in [6, 6.07) is 5.11. The first kappa shape index (κ1) is 15.0. The van der Waals surface area contributed by atoms with Crippen molar-refractivity contribution in [2.75, 3.05) is 0 Å². The minimum absolute atomic E-state index is 0.127. The fourth-order valence-corrected chi connectivity index (χ4v) is 5.61. The first-order chi connectivity index (χ1) is 11.1. The molecule has 1 aromatic carbocycles. The van der Waals surface area contributed by atoms with E-state index in [0.717, 1.165) is 38.5 Å². The van der Waals surface area contributed by atoms with Crippen molar-refractivity contribution in [1.29, 1.82) is 0 Å². The van der Waals surface area contributed by atoms with Crippen molar-refractivity contribution in [3.05, 3.63) is 28.7 Å². The summed E-state index contributed by atoms with van der Waals surface area (Å²) in [5.41, 5.74) is 0.848. The van der Waals surface area contributed by atoms with Crippen molar-refractivity contribution in [3.8, 4) is 0 Å². The number of benzene rings is 1. The largest absolute Gasteiger partial charge is 0.323 e. The van der Waals surface area contributed by atoms with Crippen LogP contribution in [-0.4, -0.2) is 34.8 Å². The van der Waals surface area contributed by atoms with Crippen molar-refractivity contribution in [2.45, 2.75) is 61.9 Å². The molecule has 2 aliphatic carbocycles. The van der Waals surface area contributed by atoms with Gasteiger partial charge in [0.1, 0.15) is 0 Å². The summed E-state index contributed by atoms with van der Waals surface area (Å²) in [4.78, 5) is 16.9. The van der Waals surface area contributed by atoms with Crippen LogP contribution >= 0.6 is 0 Å². The van der Waals surface area contributed by atoms with E-state index in [4.69, 9.17) is 0 Å². The van der Waals surface area contributed by atoms with Crippen molar-refractivity contribution in [2.24, 2.45) is 0 Å². The first-order valence-corrected chi connectivity index (χ1v) is 9.75. The van der Waals surface area contributed by atoms with Gasteiger partial charge in [0.25, 0.3) is 0 Å². The molecular weight excluding hydrogens is 314 g/mol. The number of H-pyrrole nitrogens is 2. The van der Waals surface area contributed by atoms with Gasteiger partial charge in [-0.2, -0.15) is 4.31 Å². The molecule has 4 rings (SSSR count). The number of sulfonamides is 1. The van der Waals surface area contributed by atoms with Crippen molar-refractivity contribution in [3.63, 3.8) is 0 Å². The number of aromatic amines is 2. The van der Waals surface area contributed by atoms with Crippen LogP contribution < -0.4 is 5.69 Å². The molecular formula is C16H21N3O3S. The Labute approximate surface area is 134 Å². The van der Waals surface area contributed by atoms with Crippen LogP contribution in [0.1, 0.15) is 44.9 Å². The van der Waals surface area contributed by atoms with E-state index in [1.54, 1.807) is 22.5 Å². The molecule has 0 bridgehead atoms. The number of aromatic nitrogens is 2. The van der Waals surface area contributed by atoms with Crippen LogP contribution in [0.3, 0.4) is 0 Å². The van der Waals surface area contributed by atoms with Gasteiger partial charge < -0.3 is 9.97 Å². The smallest absolute Gasteiger partial charge is 0.306 e. The van der Waals surface area contributed by atoms with Gasteiger partial charge in [0.2, 0.25) is 10.0 Å². The lowest BCUT2D eigenvalue weighted by atomic mass is 9.95. The molecule has 7 heteroatoms. The molecule has 0 spiro atoms. The van der Waals surface area contributed by atoms with E-state index >= 15 is 0 Å². The lowest BCUT2D eigenvalue weighted by Gasteiger charge is -2.33. The molecule has 6 nitrogen and oxygen atoms in total. The maximum atomic E-state index is 13.2. The van der Waals surface area contributed by atoms with Crippen LogP contribution in [0.25, 0.3) is 11.0 Å². The minimum Gasteiger partial charge on any atom is -0.306 e. The highest BCUT2D eigenvalue weighted by molar-refractivity contribution is 7.89. The van der Waals surface area contributed by atoms with Gasteiger partial charge in [-0.05, 0) is 43.9 Å². The Hall–Kier alpha value is -1.60. The Bertz CT molecular complexity index is 873. The number of nitrogens with zero attached hydrogens (tertiary/aromatic N) is 1. The summed E-state index contributed by atoms with van der Waals surface area (Å²) >= 11 is 0. The summed E-state index contributed by atoms with van der Waals surface area (Å²) in [6.45, 7) is 0. The molecule has 0 saturated heterocycles. The fraction of sp³-hybridized carbons (Fsp3) is 0.562. The molecule has 2 aliphatic rings. The maximum absolute atomic E-state index is 13.2. The molecule has 1 aromatic heterocycles. The number of hydrogen-bond donors (Lipinski definition) is 2. The fourth-order valence-electron chi connectivity index (χ4n) is 3.65. The van der Waals surface area contributed by atoms with Crippen LogP contribution in [-0.2, 0) is 10.0 Å². The van der Waals surface area contributed by atoms with Crippen LogP contribution in [0.5, 0.6) is 0 Å². The third-order valence-electron chi connectivity index (χ3n) is 4.90. The Kier molecular flexibility index (Phi) is 3.57. The first-order valence-electron chi connectivity index (χ1n) is 8.31. The van der Waals surface area contributed by atoms with Gasteiger partial charge in [0.15, 0.2) is 0 Å². The molecule has 0 amide bonds. The van der Waals surface area contributed by atoms with Crippen molar-refractivity contribution in [1.82, 2.24) is 14.3 Å². The molecule has 124 valence electrons. The van der Waals surface area contributed by atoms with Gasteiger partial charge in [0, 0.05) is 12.1 Å². The molecule has 2 N–H and O–H groups in total. The Balaban J connectivity index is 1.74. The number of fused-ring (bicyclic) bond motifs is 1. The number of rotatable bonds is 4. The highest BCUT2D eigenvalue weighted by Crippen LogP contribution is 2.38. The summed E-state index contributed by atoms with van der Waals surface area (Å²) in [6.07, 6.45) is 7.24. The molecule has 1 heterocycles. The lowest BCUT2D eigenvalue weighted by Crippen LogP contribution is -2.42. The van der Waals surface area contributed by atoms with Crippen molar-refractivity contribution < 1.29 is 8.42 Å². The highest BCUT2D eigenvalue weighted by Gasteiger charge is 2.42. The minimum atomic E-state index is -3.52. The van der Waals surface area contributed by atoms with Crippen LogP contribution in [0.4, 0.5) is 0 Å². The summed E-state index contributed by atoms with van der Waals surface area (Å²) in [5.74, 6) is 0. The van der Waals surface area contributed by atoms with E-state index in [1.165, 1.54) is 6.42 Å². The molecule has 2 fully saturated rings. The SMILES string of the molecule is O=c1[nH]c2ccc(S(=O)(=O)N(C3CCCCC3)C3CC3)cc2[nH]1. The van der Waals surface area contributed by atoms with E-state index in [9.17, 15) is 13.2 Å². The molecule has 0 unspecified atom stereocenters. The van der Waals surface area contributed by atoms with Gasteiger partial charge in [-0.1, -0.05) is 19.3 Å². The maximum Gasteiger partial charge on any atom is 0.323 e. The zero-order valence-electron chi connectivity index (χ0n) is 12.9. The van der Waals surface area contributed by atoms with Gasteiger partial charge in [0.05, 0.1) is 15.9 Å². The lowest BCUT2D eigenvalue weighted by molar-refractivity contribution is 0.246. The number of imidazole rings is 1. The predicted molar refractivity (Wildman–Crippen MR) is 87.8 cm³/mol. The molecule has 23 heavy (non-hydrogen) atoms. The average molecular weight is 335 g/mol. The summed E-state index contributed by atoms with van der Waals surface area (Å²) in [7, 11) is -3.52.